The topological polar surface area (TPSA) is 45.2 Å². The minimum atomic E-state index is -0.0642. The minimum Gasteiger partial charge on any atom is -0.393 e. The molecule has 0 aliphatic heterocycles. The van der Waals surface area contributed by atoms with Crippen LogP contribution in [0.4, 0.5) is 0 Å². The Morgan fingerprint density at radius 3 is 3.12 bits per heavy atom. The normalized spacial score (nSPS) is 25.1. The van der Waals surface area contributed by atoms with Gasteiger partial charge in [0.2, 0.25) is 0 Å². The number of nitrogens with zero attached hydrogens (tertiary/aromatic N) is 1. The zero-order valence-electron chi connectivity index (χ0n) is 10.5. The van der Waals surface area contributed by atoms with Gasteiger partial charge in [0.1, 0.15) is 0 Å². The Hall–Kier alpha value is -0.450. The summed E-state index contributed by atoms with van der Waals surface area (Å²) in [5.41, 5.74) is 0. The molecule has 0 radical (unpaired) electrons. The van der Waals surface area contributed by atoms with Crippen molar-refractivity contribution in [2.75, 3.05) is 6.54 Å². The van der Waals surface area contributed by atoms with Crippen molar-refractivity contribution in [2.45, 2.75) is 51.7 Å². The number of nitrogens with one attached hydrogen (secondary N) is 1. The first-order chi connectivity index (χ1) is 8.28. The third kappa shape index (κ3) is 4.05. The Bertz CT molecular complexity index is 340. The van der Waals surface area contributed by atoms with E-state index in [9.17, 15) is 5.11 Å². The van der Waals surface area contributed by atoms with E-state index in [-0.39, 0.29) is 6.10 Å². The Kier molecular flexibility index (Phi) is 4.95. The van der Waals surface area contributed by atoms with E-state index in [1.165, 1.54) is 22.7 Å². The van der Waals surface area contributed by atoms with E-state index < -0.39 is 0 Å². The van der Waals surface area contributed by atoms with E-state index in [0.29, 0.717) is 5.92 Å². The summed E-state index contributed by atoms with van der Waals surface area (Å²) < 4.78 is 0. The van der Waals surface area contributed by atoms with Crippen molar-refractivity contribution in [3.63, 3.8) is 0 Å². The molecule has 1 aromatic rings. The predicted octanol–water partition coefficient (Wildman–Crippen LogP) is 2.35. The summed E-state index contributed by atoms with van der Waals surface area (Å²) in [5, 5.41) is 14.3. The lowest BCUT2D eigenvalue weighted by atomic mass is 9.87. The highest BCUT2D eigenvalue weighted by molar-refractivity contribution is 7.11. The Morgan fingerprint density at radius 2 is 2.41 bits per heavy atom. The number of aliphatic hydroxyl groups is 1. The maximum absolute atomic E-state index is 9.60. The average Bonchev–Trinajstić information content (AvgIpc) is 2.77. The first-order valence-electron chi connectivity index (χ1n) is 6.60. The smallest absolute Gasteiger partial charge is 0.0925 e. The van der Waals surface area contributed by atoms with Crippen molar-refractivity contribution in [1.29, 1.82) is 0 Å². The van der Waals surface area contributed by atoms with Gasteiger partial charge < -0.3 is 10.4 Å². The van der Waals surface area contributed by atoms with Crippen LogP contribution in [0.5, 0.6) is 0 Å². The Morgan fingerprint density at radius 1 is 1.53 bits per heavy atom. The van der Waals surface area contributed by atoms with Crippen LogP contribution in [0.15, 0.2) is 6.20 Å². The first kappa shape index (κ1) is 13.0. The summed E-state index contributed by atoms with van der Waals surface area (Å²) in [5.74, 6) is 0.650. The lowest BCUT2D eigenvalue weighted by molar-refractivity contribution is 0.101. The number of hydrogen-bond donors (Lipinski definition) is 2. The molecule has 1 aliphatic rings. The van der Waals surface area contributed by atoms with Gasteiger partial charge in [0, 0.05) is 17.6 Å². The summed E-state index contributed by atoms with van der Waals surface area (Å²) in [6.07, 6.45) is 7.33. The summed E-state index contributed by atoms with van der Waals surface area (Å²) >= 11 is 1.80. The van der Waals surface area contributed by atoms with E-state index in [4.69, 9.17) is 0 Å². The van der Waals surface area contributed by atoms with Gasteiger partial charge in [-0.1, -0.05) is 13.3 Å². The van der Waals surface area contributed by atoms with Crippen LogP contribution in [0.1, 0.15) is 42.5 Å². The zero-order chi connectivity index (χ0) is 12.1. The standard InChI is InChI=1S/C13H22N2OS/c1-2-13-15-9-12(17-13)8-14-7-10-4-3-5-11(16)6-10/h9-11,14,16H,2-8H2,1H3. The molecule has 0 amide bonds. The van der Waals surface area contributed by atoms with Crippen LogP contribution in [0.3, 0.4) is 0 Å². The van der Waals surface area contributed by atoms with Crippen molar-refractivity contribution < 1.29 is 5.11 Å². The zero-order valence-corrected chi connectivity index (χ0v) is 11.3. The number of thiazole rings is 1. The van der Waals surface area contributed by atoms with Crippen LogP contribution in [0, 0.1) is 5.92 Å². The molecule has 1 aromatic heterocycles. The van der Waals surface area contributed by atoms with Gasteiger partial charge in [-0.25, -0.2) is 4.98 Å². The fourth-order valence-corrected chi connectivity index (χ4v) is 3.27. The van der Waals surface area contributed by atoms with Gasteiger partial charge in [0.25, 0.3) is 0 Å². The van der Waals surface area contributed by atoms with Gasteiger partial charge in [-0.15, -0.1) is 11.3 Å². The number of aliphatic hydroxyl groups excluding tert-OH is 1. The molecule has 17 heavy (non-hydrogen) atoms. The second-order valence-corrected chi connectivity index (χ2v) is 6.09. The Balaban J connectivity index is 1.68. The molecular formula is C13H22N2OS. The second kappa shape index (κ2) is 6.47. The predicted molar refractivity (Wildman–Crippen MR) is 71.2 cm³/mol. The van der Waals surface area contributed by atoms with Crippen LogP contribution in [0.2, 0.25) is 0 Å². The first-order valence-corrected chi connectivity index (χ1v) is 7.42. The molecule has 2 rings (SSSR count). The number of hydrogen-bond acceptors (Lipinski definition) is 4. The largest absolute Gasteiger partial charge is 0.393 e. The molecule has 96 valence electrons. The van der Waals surface area contributed by atoms with Crippen LogP contribution >= 0.6 is 11.3 Å². The van der Waals surface area contributed by atoms with Crippen molar-refractivity contribution >= 4 is 11.3 Å². The van der Waals surface area contributed by atoms with E-state index in [0.717, 1.165) is 32.4 Å². The van der Waals surface area contributed by atoms with Gasteiger partial charge in [0.05, 0.1) is 11.1 Å². The van der Waals surface area contributed by atoms with Gasteiger partial charge >= 0.3 is 0 Å². The molecule has 2 atom stereocenters. The molecule has 0 bridgehead atoms. The second-order valence-electron chi connectivity index (χ2n) is 4.89. The molecule has 4 heteroatoms. The summed E-state index contributed by atoms with van der Waals surface area (Å²) in [6, 6.07) is 0. The number of rotatable bonds is 5. The number of aryl methyl sites for hydroxylation is 1. The van der Waals surface area contributed by atoms with Gasteiger partial charge in [-0.3, -0.25) is 0 Å². The highest BCUT2D eigenvalue weighted by Crippen LogP contribution is 2.23. The van der Waals surface area contributed by atoms with Crippen LogP contribution in [0.25, 0.3) is 0 Å². The molecule has 1 heterocycles. The third-order valence-corrected chi connectivity index (χ3v) is 4.53. The highest BCUT2D eigenvalue weighted by Gasteiger charge is 2.19. The van der Waals surface area contributed by atoms with Crippen LogP contribution in [-0.2, 0) is 13.0 Å². The molecule has 0 spiro atoms. The molecule has 1 fully saturated rings. The molecule has 0 saturated heterocycles. The van der Waals surface area contributed by atoms with E-state index in [2.05, 4.69) is 17.2 Å². The number of aromatic nitrogens is 1. The molecule has 2 unspecified atom stereocenters. The van der Waals surface area contributed by atoms with Crippen LogP contribution in [-0.4, -0.2) is 22.7 Å². The molecular weight excluding hydrogens is 232 g/mol. The van der Waals surface area contributed by atoms with E-state index in [1.54, 1.807) is 11.3 Å². The van der Waals surface area contributed by atoms with Gasteiger partial charge in [-0.05, 0) is 38.1 Å². The monoisotopic (exact) mass is 254 g/mol. The van der Waals surface area contributed by atoms with E-state index >= 15 is 0 Å². The fourth-order valence-electron chi connectivity index (χ4n) is 2.44. The molecule has 1 aliphatic carbocycles. The molecule has 1 saturated carbocycles. The average molecular weight is 254 g/mol. The SMILES string of the molecule is CCc1ncc(CNCC2CCCC(O)C2)s1. The quantitative estimate of drug-likeness (QED) is 0.848. The lowest BCUT2D eigenvalue weighted by Crippen LogP contribution is -2.28. The van der Waals surface area contributed by atoms with Crippen molar-refractivity contribution in [3.8, 4) is 0 Å². The van der Waals surface area contributed by atoms with Gasteiger partial charge in [-0.2, -0.15) is 0 Å². The Labute approximate surface area is 107 Å². The summed E-state index contributed by atoms with van der Waals surface area (Å²) in [7, 11) is 0. The summed E-state index contributed by atoms with van der Waals surface area (Å²) in [4.78, 5) is 5.67. The maximum atomic E-state index is 9.60. The van der Waals surface area contributed by atoms with E-state index in [1.807, 2.05) is 6.20 Å². The summed E-state index contributed by atoms with van der Waals surface area (Å²) in [6.45, 7) is 4.08. The molecule has 2 N–H and O–H groups in total. The lowest BCUT2D eigenvalue weighted by Gasteiger charge is -2.25. The fraction of sp³-hybridized carbons (Fsp3) is 0.769. The third-order valence-electron chi connectivity index (χ3n) is 3.39. The molecule has 3 nitrogen and oxygen atoms in total. The van der Waals surface area contributed by atoms with Crippen molar-refractivity contribution in [2.24, 2.45) is 5.92 Å². The highest BCUT2D eigenvalue weighted by atomic mass is 32.1. The minimum absolute atomic E-state index is 0.0642. The van der Waals surface area contributed by atoms with Crippen molar-refractivity contribution in [3.05, 3.63) is 16.1 Å². The van der Waals surface area contributed by atoms with Gasteiger partial charge in [0.15, 0.2) is 0 Å². The van der Waals surface area contributed by atoms with Crippen molar-refractivity contribution in [1.82, 2.24) is 10.3 Å². The van der Waals surface area contributed by atoms with Crippen LogP contribution < -0.4 is 5.32 Å². The molecule has 0 aromatic carbocycles. The maximum Gasteiger partial charge on any atom is 0.0925 e.